The molecule has 1 fully saturated rings. The predicted molar refractivity (Wildman–Crippen MR) is 81.9 cm³/mol. The first-order chi connectivity index (χ1) is 10.9. The summed E-state index contributed by atoms with van der Waals surface area (Å²) in [6, 6.07) is 5.99. The Morgan fingerprint density at radius 3 is 2.96 bits per heavy atom. The van der Waals surface area contributed by atoms with Crippen LogP contribution < -0.4 is 0 Å². The topological polar surface area (TPSA) is 113 Å². The summed E-state index contributed by atoms with van der Waals surface area (Å²) in [5, 5.41) is 32.5. The summed E-state index contributed by atoms with van der Waals surface area (Å²) in [4.78, 5) is 22.6. The molecule has 1 aromatic heterocycles. The molecule has 0 bridgehead atoms. The van der Waals surface area contributed by atoms with Gasteiger partial charge in [-0.2, -0.15) is 0 Å². The molecule has 1 aliphatic rings. The molecule has 3 rings (SSSR count). The maximum absolute atomic E-state index is 11.1. The van der Waals surface area contributed by atoms with Gasteiger partial charge >= 0.3 is 0 Å². The van der Waals surface area contributed by atoms with Crippen LogP contribution in [0, 0.1) is 10.1 Å². The highest BCUT2D eigenvalue weighted by Gasteiger charge is 2.49. The van der Waals surface area contributed by atoms with Gasteiger partial charge in [-0.3, -0.25) is 19.8 Å². The second-order valence-electron chi connectivity index (χ2n) is 4.93. The van der Waals surface area contributed by atoms with Crippen molar-refractivity contribution < 1.29 is 24.7 Å². The first-order valence-corrected chi connectivity index (χ1v) is 7.72. The van der Waals surface area contributed by atoms with Gasteiger partial charge in [-0.15, -0.1) is 11.3 Å². The van der Waals surface area contributed by atoms with Crippen molar-refractivity contribution >= 4 is 45.1 Å². The molecule has 3 atom stereocenters. The standard InChI is InChI=1S/C13H11ClN2O6S/c14-10-5-22-13(19,12(18)15(10)6-17)9-4-7-2-1-3-8(16(20)21)11(7)23-9/h1-4,6,10,12,18-19H,5H2. The second-order valence-corrected chi connectivity index (χ2v) is 6.49. The number of halogens is 1. The van der Waals surface area contributed by atoms with Crippen LogP contribution in [0.3, 0.4) is 0 Å². The van der Waals surface area contributed by atoms with E-state index in [4.69, 9.17) is 16.3 Å². The van der Waals surface area contributed by atoms with E-state index in [9.17, 15) is 25.1 Å². The SMILES string of the molecule is O=CN1C(Cl)COC(O)(c2cc3cccc([N+](=O)[O-])c3s2)C1O. The molecular formula is C13H11ClN2O6S. The number of ether oxygens (including phenoxy) is 1. The second kappa shape index (κ2) is 5.69. The number of nitro benzene ring substituents is 1. The lowest BCUT2D eigenvalue weighted by atomic mass is 10.1. The first kappa shape index (κ1) is 16.1. The number of amides is 1. The largest absolute Gasteiger partial charge is 0.368 e. The molecule has 0 spiro atoms. The molecule has 122 valence electrons. The summed E-state index contributed by atoms with van der Waals surface area (Å²) in [6.07, 6.45) is -1.42. The molecule has 3 unspecified atom stereocenters. The van der Waals surface area contributed by atoms with Crippen LogP contribution in [0.2, 0.25) is 0 Å². The molecule has 1 amide bonds. The van der Waals surface area contributed by atoms with Gasteiger partial charge in [-0.25, -0.2) is 0 Å². The number of carbonyl (C=O) groups excluding carboxylic acids is 1. The van der Waals surface area contributed by atoms with Crippen LogP contribution in [0.5, 0.6) is 0 Å². The number of aliphatic hydroxyl groups is 2. The van der Waals surface area contributed by atoms with E-state index in [1.165, 1.54) is 18.2 Å². The van der Waals surface area contributed by atoms with Crippen molar-refractivity contribution in [3.63, 3.8) is 0 Å². The highest BCUT2D eigenvalue weighted by Crippen LogP contribution is 2.42. The molecule has 8 nitrogen and oxygen atoms in total. The third kappa shape index (κ3) is 2.46. The van der Waals surface area contributed by atoms with Crippen molar-refractivity contribution in [2.75, 3.05) is 6.61 Å². The van der Waals surface area contributed by atoms with Gasteiger partial charge in [0.15, 0.2) is 6.23 Å². The fraction of sp³-hybridized carbons (Fsp3) is 0.308. The summed E-state index contributed by atoms with van der Waals surface area (Å²) in [7, 11) is 0. The summed E-state index contributed by atoms with van der Waals surface area (Å²) in [6.45, 7) is -0.204. The van der Waals surface area contributed by atoms with Crippen LogP contribution in [-0.4, -0.2) is 44.8 Å². The van der Waals surface area contributed by atoms with Gasteiger partial charge in [0.05, 0.1) is 16.4 Å². The van der Waals surface area contributed by atoms with Crippen LogP contribution in [0.4, 0.5) is 5.69 Å². The highest BCUT2D eigenvalue weighted by atomic mass is 35.5. The molecule has 23 heavy (non-hydrogen) atoms. The first-order valence-electron chi connectivity index (χ1n) is 6.47. The van der Waals surface area contributed by atoms with Crippen LogP contribution in [0.1, 0.15) is 4.88 Å². The minimum atomic E-state index is -2.20. The zero-order valence-electron chi connectivity index (χ0n) is 11.5. The lowest BCUT2D eigenvalue weighted by Gasteiger charge is -2.43. The van der Waals surface area contributed by atoms with E-state index in [0.29, 0.717) is 16.5 Å². The van der Waals surface area contributed by atoms with Crippen molar-refractivity contribution in [2.45, 2.75) is 17.5 Å². The summed E-state index contributed by atoms with van der Waals surface area (Å²) >= 11 is 6.76. The number of non-ortho nitro benzene ring substituents is 1. The molecule has 2 N–H and O–H groups in total. The third-order valence-corrected chi connectivity index (χ3v) is 5.22. The number of carbonyl (C=O) groups is 1. The molecule has 1 saturated heterocycles. The molecule has 1 aromatic carbocycles. The number of rotatable bonds is 3. The maximum Gasteiger partial charge on any atom is 0.287 e. The highest BCUT2D eigenvalue weighted by molar-refractivity contribution is 7.19. The van der Waals surface area contributed by atoms with Gasteiger partial charge in [0.2, 0.25) is 12.2 Å². The molecule has 0 radical (unpaired) electrons. The zero-order valence-corrected chi connectivity index (χ0v) is 13.0. The third-order valence-electron chi connectivity index (χ3n) is 3.59. The van der Waals surface area contributed by atoms with Crippen LogP contribution in [-0.2, 0) is 15.3 Å². The van der Waals surface area contributed by atoms with Crippen LogP contribution in [0.15, 0.2) is 24.3 Å². The molecule has 2 heterocycles. The lowest BCUT2D eigenvalue weighted by Crippen LogP contribution is -2.59. The maximum atomic E-state index is 11.1. The Bertz CT molecular complexity index is 783. The predicted octanol–water partition coefficient (Wildman–Crippen LogP) is 1.33. The zero-order chi connectivity index (χ0) is 16.8. The number of nitrogens with zero attached hydrogens (tertiary/aromatic N) is 2. The molecule has 0 saturated carbocycles. The molecule has 2 aromatic rings. The van der Waals surface area contributed by atoms with Gasteiger partial charge in [-0.1, -0.05) is 23.7 Å². The van der Waals surface area contributed by atoms with Gasteiger partial charge in [-0.05, 0) is 11.5 Å². The lowest BCUT2D eigenvalue weighted by molar-refractivity contribution is -0.382. The molecule has 1 aliphatic heterocycles. The van der Waals surface area contributed by atoms with Gasteiger partial charge in [0, 0.05) is 6.07 Å². The molecule has 0 aliphatic carbocycles. The number of benzene rings is 1. The number of fused-ring (bicyclic) bond motifs is 1. The van der Waals surface area contributed by atoms with Crippen molar-refractivity contribution in [2.24, 2.45) is 0 Å². The number of thiophene rings is 1. The number of morpholine rings is 1. The minimum Gasteiger partial charge on any atom is -0.368 e. The van der Waals surface area contributed by atoms with Gasteiger partial charge < -0.3 is 14.9 Å². The summed E-state index contributed by atoms with van der Waals surface area (Å²) < 4.78 is 5.59. The fourth-order valence-corrected chi connectivity index (χ4v) is 3.83. The van der Waals surface area contributed by atoms with Crippen LogP contribution >= 0.6 is 22.9 Å². The summed E-state index contributed by atoms with van der Waals surface area (Å²) in [5.74, 6) is -2.20. The van der Waals surface area contributed by atoms with Gasteiger partial charge in [0.25, 0.3) is 5.69 Å². The fourth-order valence-electron chi connectivity index (χ4n) is 2.40. The van der Waals surface area contributed by atoms with Crippen LogP contribution in [0.25, 0.3) is 10.1 Å². The average Bonchev–Trinajstić information content (AvgIpc) is 2.96. The quantitative estimate of drug-likeness (QED) is 0.281. The van der Waals surface area contributed by atoms with Crippen molar-refractivity contribution in [3.05, 3.63) is 39.3 Å². The van der Waals surface area contributed by atoms with Gasteiger partial charge in [0.1, 0.15) is 10.2 Å². The molecule has 10 heteroatoms. The van der Waals surface area contributed by atoms with E-state index in [0.717, 1.165) is 16.2 Å². The van der Waals surface area contributed by atoms with E-state index < -0.39 is 22.4 Å². The Morgan fingerprint density at radius 1 is 1.57 bits per heavy atom. The summed E-state index contributed by atoms with van der Waals surface area (Å²) in [5.41, 5.74) is -1.04. The Kier molecular flexibility index (Phi) is 3.98. The Morgan fingerprint density at radius 2 is 2.30 bits per heavy atom. The number of nitro groups is 1. The number of hydrogen-bond donors (Lipinski definition) is 2. The van der Waals surface area contributed by atoms with E-state index in [1.807, 2.05) is 0 Å². The normalized spacial score (nSPS) is 28.0. The minimum absolute atomic E-state index is 0.116. The van der Waals surface area contributed by atoms with Crippen molar-refractivity contribution in [1.29, 1.82) is 0 Å². The Labute approximate surface area is 138 Å². The van der Waals surface area contributed by atoms with Crippen molar-refractivity contribution in [3.8, 4) is 0 Å². The Hall–Kier alpha value is -1.78. The van der Waals surface area contributed by atoms with E-state index >= 15 is 0 Å². The number of alkyl halides is 1. The Balaban J connectivity index is 2.10. The van der Waals surface area contributed by atoms with E-state index in [2.05, 4.69) is 0 Å². The van der Waals surface area contributed by atoms with E-state index in [-0.39, 0.29) is 17.2 Å². The van der Waals surface area contributed by atoms with E-state index in [1.54, 1.807) is 6.07 Å². The average molecular weight is 359 g/mol. The number of hydrogen-bond acceptors (Lipinski definition) is 7. The monoisotopic (exact) mass is 358 g/mol. The smallest absolute Gasteiger partial charge is 0.287 e. The van der Waals surface area contributed by atoms with Crippen molar-refractivity contribution in [1.82, 2.24) is 4.90 Å². The number of aliphatic hydroxyl groups excluding tert-OH is 1. The molecular weight excluding hydrogens is 348 g/mol.